The molecular weight excluding hydrogens is 232 g/mol. The number of hydrogen-bond acceptors (Lipinski definition) is 3. The van der Waals surface area contributed by atoms with Crippen molar-refractivity contribution in [2.75, 3.05) is 13.3 Å². The molecule has 0 unspecified atom stereocenters. The van der Waals surface area contributed by atoms with Gasteiger partial charge in [-0.1, -0.05) is 0 Å². The lowest BCUT2D eigenvalue weighted by Crippen LogP contribution is -2.35. The molecule has 0 spiro atoms. The van der Waals surface area contributed by atoms with Crippen molar-refractivity contribution >= 4 is 17.7 Å². The number of nitrogens with two attached hydrogens (primary N) is 1. The van der Waals surface area contributed by atoms with E-state index in [9.17, 15) is 0 Å². The van der Waals surface area contributed by atoms with Crippen LogP contribution in [0, 0.1) is 0 Å². The monoisotopic (exact) mass is 250 g/mol. The Labute approximate surface area is 106 Å². The number of hydrogen-bond donors (Lipinski definition) is 1. The molecule has 92 valence electrons. The molecule has 1 aromatic rings. The molecular formula is C12H18N4S. The number of thioether (sulfide) groups is 1. The first-order valence-corrected chi connectivity index (χ1v) is 6.95. The van der Waals surface area contributed by atoms with E-state index in [-0.39, 0.29) is 0 Å². The van der Waals surface area contributed by atoms with Gasteiger partial charge in [-0.15, -0.1) is 11.8 Å². The molecule has 0 radical (unpaired) electrons. The fourth-order valence-corrected chi connectivity index (χ4v) is 2.03. The molecule has 0 saturated heterocycles. The van der Waals surface area contributed by atoms with E-state index < -0.39 is 0 Å². The van der Waals surface area contributed by atoms with Gasteiger partial charge in [-0.25, -0.2) is 9.98 Å². The Hall–Kier alpha value is -1.23. The molecule has 2 N–H and O–H groups in total. The summed E-state index contributed by atoms with van der Waals surface area (Å²) in [5, 5.41) is 1.02. The summed E-state index contributed by atoms with van der Waals surface area (Å²) in [4.78, 5) is 10.7. The standard InChI is InChI=1S/C12H18N4S/c1-16(10-3-4-10)12(13)15-8-9-5-6-14-11(7-9)17-2/h5-7,10H,3-4,8H2,1-2H3,(H2,13,15). The van der Waals surface area contributed by atoms with E-state index in [1.54, 1.807) is 11.8 Å². The zero-order valence-electron chi connectivity index (χ0n) is 10.3. The molecule has 0 amide bonds. The molecule has 1 fully saturated rings. The number of pyridine rings is 1. The summed E-state index contributed by atoms with van der Waals surface area (Å²) < 4.78 is 0. The van der Waals surface area contributed by atoms with Gasteiger partial charge in [0.25, 0.3) is 0 Å². The normalized spacial score (nSPS) is 16.0. The van der Waals surface area contributed by atoms with Crippen LogP contribution in [-0.4, -0.2) is 35.2 Å². The smallest absolute Gasteiger partial charge is 0.191 e. The van der Waals surface area contributed by atoms with Crippen molar-refractivity contribution < 1.29 is 0 Å². The van der Waals surface area contributed by atoms with Crippen molar-refractivity contribution in [2.24, 2.45) is 10.7 Å². The van der Waals surface area contributed by atoms with E-state index in [2.05, 4.69) is 20.9 Å². The molecule has 17 heavy (non-hydrogen) atoms. The molecule has 0 aliphatic heterocycles. The third-order valence-electron chi connectivity index (χ3n) is 2.89. The van der Waals surface area contributed by atoms with Crippen molar-refractivity contribution in [3.63, 3.8) is 0 Å². The maximum atomic E-state index is 5.93. The fraction of sp³-hybridized carbons (Fsp3) is 0.500. The summed E-state index contributed by atoms with van der Waals surface area (Å²) in [6, 6.07) is 4.64. The summed E-state index contributed by atoms with van der Waals surface area (Å²) in [7, 11) is 2.01. The van der Waals surface area contributed by atoms with Gasteiger partial charge in [0.1, 0.15) is 0 Å². The van der Waals surface area contributed by atoms with E-state index >= 15 is 0 Å². The second kappa shape index (κ2) is 5.40. The van der Waals surface area contributed by atoms with Crippen LogP contribution in [0.2, 0.25) is 0 Å². The highest BCUT2D eigenvalue weighted by Gasteiger charge is 2.27. The van der Waals surface area contributed by atoms with Crippen LogP contribution in [0.3, 0.4) is 0 Å². The van der Waals surface area contributed by atoms with Crippen molar-refractivity contribution in [3.05, 3.63) is 23.9 Å². The maximum absolute atomic E-state index is 5.93. The molecule has 0 bridgehead atoms. The van der Waals surface area contributed by atoms with Gasteiger partial charge in [0.2, 0.25) is 0 Å². The SMILES string of the molecule is CSc1cc(CN=C(N)N(C)C2CC2)ccn1. The first kappa shape index (κ1) is 12.2. The van der Waals surface area contributed by atoms with Crippen LogP contribution in [-0.2, 0) is 6.54 Å². The Morgan fingerprint density at radius 3 is 3.06 bits per heavy atom. The molecule has 0 atom stereocenters. The van der Waals surface area contributed by atoms with Gasteiger partial charge in [-0.3, -0.25) is 0 Å². The molecule has 1 aliphatic carbocycles. The first-order chi connectivity index (χ1) is 8.20. The minimum Gasteiger partial charge on any atom is -0.370 e. The van der Waals surface area contributed by atoms with E-state index in [1.165, 1.54) is 12.8 Å². The molecule has 2 rings (SSSR count). The third kappa shape index (κ3) is 3.36. The van der Waals surface area contributed by atoms with E-state index in [4.69, 9.17) is 5.73 Å². The number of rotatable bonds is 4. The number of guanidine groups is 1. The third-order valence-corrected chi connectivity index (χ3v) is 3.53. The summed E-state index contributed by atoms with van der Waals surface area (Å²) in [6.45, 7) is 0.624. The highest BCUT2D eigenvalue weighted by atomic mass is 32.2. The molecule has 5 heteroatoms. The molecule has 4 nitrogen and oxygen atoms in total. The van der Waals surface area contributed by atoms with E-state index in [0.717, 1.165) is 10.6 Å². The lowest BCUT2D eigenvalue weighted by atomic mass is 10.3. The summed E-state index contributed by atoms with van der Waals surface area (Å²) in [6.07, 6.45) is 6.30. The minimum atomic E-state index is 0.609. The Kier molecular flexibility index (Phi) is 3.89. The van der Waals surface area contributed by atoms with Gasteiger partial charge in [0.05, 0.1) is 11.6 Å². The number of aromatic nitrogens is 1. The predicted molar refractivity (Wildman–Crippen MR) is 72.1 cm³/mol. The lowest BCUT2D eigenvalue weighted by Gasteiger charge is -2.16. The average Bonchev–Trinajstić information content (AvgIpc) is 3.19. The topological polar surface area (TPSA) is 54.5 Å². The van der Waals surface area contributed by atoms with Gasteiger partial charge in [0, 0.05) is 19.3 Å². The molecule has 1 heterocycles. The van der Waals surface area contributed by atoms with Gasteiger partial charge >= 0.3 is 0 Å². The molecule has 1 saturated carbocycles. The van der Waals surface area contributed by atoms with Gasteiger partial charge in [0.15, 0.2) is 5.96 Å². The van der Waals surface area contributed by atoms with Gasteiger partial charge < -0.3 is 10.6 Å². The Morgan fingerprint density at radius 2 is 2.41 bits per heavy atom. The largest absolute Gasteiger partial charge is 0.370 e. The van der Waals surface area contributed by atoms with Crippen LogP contribution in [0.25, 0.3) is 0 Å². The highest BCUT2D eigenvalue weighted by molar-refractivity contribution is 7.98. The maximum Gasteiger partial charge on any atom is 0.191 e. The molecule has 1 aromatic heterocycles. The van der Waals surface area contributed by atoms with Gasteiger partial charge in [-0.05, 0) is 36.8 Å². The summed E-state index contributed by atoms with van der Waals surface area (Å²) >= 11 is 1.64. The summed E-state index contributed by atoms with van der Waals surface area (Å²) in [5.41, 5.74) is 7.08. The van der Waals surface area contributed by atoms with Crippen LogP contribution in [0.15, 0.2) is 28.3 Å². The summed E-state index contributed by atoms with van der Waals surface area (Å²) in [5.74, 6) is 0.634. The minimum absolute atomic E-state index is 0.609. The Bertz CT molecular complexity index is 415. The predicted octanol–water partition coefficient (Wildman–Crippen LogP) is 1.71. The van der Waals surface area contributed by atoms with Crippen molar-refractivity contribution in [3.8, 4) is 0 Å². The highest BCUT2D eigenvalue weighted by Crippen LogP contribution is 2.25. The van der Waals surface area contributed by atoms with E-state index in [1.807, 2.05) is 25.6 Å². The second-order valence-corrected chi connectivity index (χ2v) is 5.05. The molecule has 1 aliphatic rings. The average molecular weight is 250 g/mol. The fourth-order valence-electron chi connectivity index (χ4n) is 1.59. The first-order valence-electron chi connectivity index (χ1n) is 5.72. The quantitative estimate of drug-likeness (QED) is 0.502. The van der Waals surface area contributed by atoms with Crippen LogP contribution >= 0.6 is 11.8 Å². The zero-order valence-corrected chi connectivity index (χ0v) is 11.1. The van der Waals surface area contributed by atoms with Crippen molar-refractivity contribution in [1.82, 2.24) is 9.88 Å². The number of aliphatic imine (C=N–C) groups is 1. The van der Waals surface area contributed by atoms with Gasteiger partial charge in [-0.2, -0.15) is 0 Å². The number of nitrogens with zero attached hydrogens (tertiary/aromatic N) is 3. The Morgan fingerprint density at radius 1 is 1.65 bits per heavy atom. The van der Waals surface area contributed by atoms with Crippen molar-refractivity contribution in [1.29, 1.82) is 0 Å². The van der Waals surface area contributed by atoms with Crippen LogP contribution in [0.4, 0.5) is 0 Å². The van der Waals surface area contributed by atoms with Crippen molar-refractivity contribution in [2.45, 2.75) is 30.5 Å². The van der Waals surface area contributed by atoms with E-state index in [0.29, 0.717) is 18.5 Å². The Balaban J connectivity index is 1.97. The zero-order chi connectivity index (χ0) is 12.3. The van der Waals surface area contributed by atoms with Crippen LogP contribution < -0.4 is 5.73 Å². The lowest BCUT2D eigenvalue weighted by molar-refractivity contribution is 0.487. The second-order valence-electron chi connectivity index (χ2n) is 4.22. The van der Waals surface area contributed by atoms with Crippen LogP contribution in [0.5, 0.6) is 0 Å². The van der Waals surface area contributed by atoms with Crippen LogP contribution in [0.1, 0.15) is 18.4 Å². The molecule has 0 aromatic carbocycles.